The molecule has 0 aliphatic heterocycles. The number of aromatic amines is 1. The second-order valence-electron chi connectivity index (χ2n) is 6.68. The molecule has 1 aromatic heterocycles. The molecule has 3 aromatic rings. The van der Waals surface area contributed by atoms with Crippen LogP contribution in [-0.2, 0) is 17.8 Å². The molecule has 0 radical (unpaired) electrons. The molecule has 9 heteroatoms. The van der Waals surface area contributed by atoms with Gasteiger partial charge in [-0.05, 0) is 23.3 Å². The Morgan fingerprint density at radius 3 is 2.52 bits per heavy atom. The number of benzene rings is 2. The average Bonchev–Trinajstić information content (AvgIpc) is 3.24. The van der Waals surface area contributed by atoms with Gasteiger partial charge in [-0.15, -0.1) is 24.0 Å². The number of aliphatic imine (C=N–C) groups is 1. The lowest BCUT2D eigenvalue weighted by molar-refractivity contribution is 0.187. The number of methoxy groups -OCH3 is 1. The number of guanidine groups is 1. The van der Waals surface area contributed by atoms with Crippen molar-refractivity contribution >= 4 is 41.7 Å². The lowest BCUT2D eigenvalue weighted by atomic mass is 10.2. The first-order chi connectivity index (χ1) is 14.6. The topological polar surface area (TPSA) is 94.6 Å². The van der Waals surface area contributed by atoms with E-state index in [4.69, 9.17) is 0 Å². The first kappa shape index (κ1) is 24.2. The van der Waals surface area contributed by atoms with Crippen LogP contribution < -0.4 is 10.6 Å². The van der Waals surface area contributed by atoms with E-state index in [0.717, 1.165) is 28.6 Å². The third kappa shape index (κ3) is 6.99. The van der Waals surface area contributed by atoms with E-state index in [1.807, 2.05) is 72.7 Å². The number of carbonyl (C=O) groups excluding carboxylic acids is 1. The number of ether oxygens (including phenoxy) is 1. The zero-order chi connectivity index (χ0) is 21.3. The summed E-state index contributed by atoms with van der Waals surface area (Å²) in [6, 6.07) is 17.6. The van der Waals surface area contributed by atoms with E-state index in [1.54, 1.807) is 7.05 Å². The number of hydrogen-bond donors (Lipinski definition) is 3. The molecule has 31 heavy (non-hydrogen) atoms. The van der Waals surface area contributed by atoms with Crippen molar-refractivity contribution < 1.29 is 9.53 Å². The highest BCUT2D eigenvalue weighted by Gasteiger charge is 2.10. The van der Waals surface area contributed by atoms with Gasteiger partial charge in [0.2, 0.25) is 0 Å². The predicted octanol–water partition coefficient (Wildman–Crippen LogP) is 4.08. The molecule has 3 rings (SSSR count). The van der Waals surface area contributed by atoms with Crippen molar-refractivity contribution in [2.24, 2.45) is 4.99 Å². The van der Waals surface area contributed by atoms with Gasteiger partial charge in [0.05, 0.1) is 25.5 Å². The van der Waals surface area contributed by atoms with Crippen molar-refractivity contribution in [1.82, 2.24) is 20.2 Å². The van der Waals surface area contributed by atoms with Crippen LogP contribution in [0.2, 0.25) is 0 Å². The summed E-state index contributed by atoms with van der Waals surface area (Å²) < 4.78 is 4.59. The van der Waals surface area contributed by atoms with Crippen LogP contribution in [0.3, 0.4) is 0 Å². The predicted molar refractivity (Wildman–Crippen MR) is 134 cm³/mol. The Kier molecular flexibility index (Phi) is 9.32. The fraction of sp³-hybridized carbons (Fsp3) is 0.227. The number of nitrogens with zero attached hydrogens (tertiary/aromatic N) is 3. The number of nitrogens with one attached hydrogen (secondary N) is 3. The lowest BCUT2D eigenvalue weighted by Gasteiger charge is -2.21. The van der Waals surface area contributed by atoms with Crippen molar-refractivity contribution in [1.29, 1.82) is 0 Å². The summed E-state index contributed by atoms with van der Waals surface area (Å²) in [5, 5.41) is 5.97. The molecule has 8 nitrogen and oxygen atoms in total. The second-order valence-corrected chi connectivity index (χ2v) is 6.68. The van der Waals surface area contributed by atoms with Gasteiger partial charge in [-0.1, -0.05) is 42.5 Å². The molecule has 0 aliphatic carbocycles. The number of carbonyl (C=O) groups is 1. The molecule has 164 valence electrons. The molecule has 0 spiro atoms. The number of anilines is 1. The van der Waals surface area contributed by atoms with Crippen molar-refractivity contribution in [2.45, 2.75) is 13.1 Å². The van der Waals surface area contributed by atoms with Crippen LogP contribution in [-0.4, -0.2) is 48.1 Å². The van der Waals surface area contributed by atoms with E-state index in [-0.39, 0.29) is 24.0 Å². The summed E-state index contributed by atoms with van der Waals surface area (Å²) in [6.45, 7) is 1.19. The minimum absolute atomic E-state index is 0. The minimum atomic E-state index is -0.490. The highest BCUT2D eigenvalue weighted by molar-refractivity contribution is 14.0. The van der Waals surface area contributed by atoms with Crippen molar-refractivity contribution in [3.63, 3.8) is 0 Å². The van der Waals surface area contributed by atoms with Gasteiger partial charge in [0, 0.05) is 26.3 Å². The smallest absolute Gasteiger partial charge is 0.411 e. The Morgan fingerprint density at radius 2 is 1.87 bits per heavy atom. The molecule has 1 amide bonds. The van der Waals surface area contributed by atoms with Crippen LogP contribution in [0.1, 0.15) is 11.4 Å². The van der Waals surface area contributed by atoms with Gasteiger partial charge in [-0.2, -0.15) is 0 Å². The van der Waals surface area contributed by atoms with E-state index in [9.17, 15) is 4.79 Å². The van der Waals surface area contributed by atoms with E-state index in [2.05, 4.69) is 30.3 Å². The Labute approximate surface area is 199 Å². The molecule has 0 saturated carbocycles. The number of halogens is 1. The van der Waals surface area contributed by atoms with Crippen molar-refractivity contribution in [2.75, 3.05) is 26.5 Å². The molecule has 2 aromatic carbocycles. The Balaban J connectivity index is 0.00000341. The Bertz CT molecular complexity index is 989. The Morgan fingerprint density at radius 1 is 1.16 bits per heavy atom. The van der Waals surface area contributed by atoms with Crippen LogP contribution >= 0.6 is 24.0 Å². The SMILES string of the molecule is CN=C(NCc1ccc(NC(=O)OC)cc1)N(C)Cc1ncc(-c2ccccc2)[nH]1.I. The molecule has 0 fully saturated rings. The molecular formula is C22H27IN6O2. The molecule has 0 unspecified atom stereocenters. The van der Waals surface area contributed by atoms with Gasteiger partial charge in [0.15, 0.2) is 5.96 Å². The molecule has 0 saturated heterocycles. The number of imidazole rings is 1. The van der Waals surface area contributed by atoms with Crippen LogP contribution in [0.4, 0.5) is 10.5 Å². The maximum atomic E-state index is 11.3. The van der Waals surface area contributed by atoms with Crippen LogP contribution in [0.5, 0.6) is 0 Å². The van der Waals surface area contributed by atoms with Crippen LogP contribution in [0.25, 0.3) is 11.3 Å². The summed E-state index contributed by atoms with van der Waals surface area (Å²) in [5.41, 5.74) is 3.83. The number of amides is 1. The lowest BCUT2D eigenvalue weighted by Crippen LogP contribution is -2.38. The highest BCUT2D eigenvalue weighted by atomic mass is 127. The largest absolute Gasteiger partial charge is 0.453 e. The summed E-state index contributed by atoms with van der Waals surface area (Å²) in [7, 11) is 5.05. The standard InChI is InChI=1S/C22H26N6O2.HI/c1-23-21(25-13-16-9-11-18(12-10-16)26-22(29)30-3)28(2)15-20-24-14-19(27-20)17-7-5-4-6-8-17;/h4-12,14H,13,15H2,1-3H3,(H,23,25)(H,24,27)(H,26,29);1H. The summed E-state index contributed by atoms with van der Waals surface area (Å²) in [5.74, 6) is 1.61. The van der Waals surface area contributed by atoms with Gasteiger partial charge >= 0.3 is 6.09 Å². The summed E-state index contributed by atoms with van der Waals surface area (Å²) in [6.07, 6.45) is 1.36. The van der Waals surface area contributed by atoms with Gasteiger partial charge in [-0.3, -0.25) is 10.3 Å². The van der Waals surface area contributed by atoms with Gasteiger partial charge in [0.1, 0.15) is 5.82 Å². The average molecular weight is 534 g/mol. The van der Waals surface area contributed by atoms with Gasteiger partial charge in [-0.25, -0.2) is 9.78 Å². The molecule has 0 aliphatic rings. The third-order valence-electron chi connectivity index (χ3n) is 4.51. The first-order valence-electron chi connectivity index (χ1n) is 9.54. The number of aromatic nitrogens is 2. The molecular weight excluding hydrogens is 507 g/mol. The number of rotatable bonds is 6. The maximum Gasteiger partial charge on any atom is 0.411 e. The third-order valence-corrected chi connectivity index (χ3v) is 4.51. The van der Waals surface area contributed by atoms with Crippen LogP contribution in [0.15, 0.2) is 65.8 Å². The highest BCUT2D eigenvalue weighted by Crippen LogP contribution is 2.16. The maximum absolute atomic E-state index is 11.3. The quantitative estimate of drug-likeness (QED) is 0.252. The fourth-order valence-corrected chi connectivity index (χ4v) is 2.95. The van der Waals surface area contributed by atoms with E-state index in [1.165, 1.54) is 7.11 Å². The zero-order valence-electron chi connectivity index (χ0n) is 17.8. The fourth-order valence-electron chi connectivity index (χ4n) is 2.95. The summed E-state index contributed by atoms with van der Waals surface area (Å²) in [4.78, 5) is 25.4. The monoisotopic (exact) mass is 534 g/mol. The van der Waals surface area contributed by atoms with Gasteiger partial charge < -0.3 is 19.9 Å². The number of hydrogen-bond acceptors (Lipinski definition) is 4. The van der Waals surface area contributed by atoms with Gasteiger partial charge in [0.25, 0.3) is 0 Å². The minimum Gasteiger partial charge on any atom is -0.453 e. The molecule has 0 atom stereocenters. The number of H-pyrrole nitrogens is 1. The normalized spacial score (nSPS) is 10.7. The molecule has 0 bridgehead atoms. The summed E-state index contributed by atoms with van der Waals surface area (Å²) >= 11 is 0. The van der Waals surface area contributed by atoms with E-state index >= 15 is 0 Å². The zero-order valence-corrected chi connectivity index (χ0v) is 20.1. The Hall–Kier alpha value is -3.08. The van der Waals surface area contributed by atoms with Crippen molar-refractivity contribution in [3.05, 3.63) is 72.2 Å². The molecule has 3 N–H and O–H groups in total. The molecule has 1 heterocycles. The van der Waals surface area contributed by atoms with Crippen LogP contribution in [0, 0.1) is 0 Å². The van der Waals surface area contributed by atoms with E-state index < -0.39 is 6.09 Å². The second kappa shape index (κ2) is 11.9. The van der Waals surface area contributed by atoms with Crippen molar-refractivity contribution in [3.8, 4) is 11.3 Å². The first-order valence-corrected chi connectivity index (χ1v) is 9.54. The van der Waals surface area contributed by atoms with E-state index in [0.29, 0.717) is 18.8 Å².